The lowest BCUT2D eigenvalue weighted by Crippen LogP contribution is -2.49. The molecule has 5 heteroatoms. The van der Waals surface area contributed by atoms with Gasteiger partial charge in [-0.05, 0) is 19.8 Å². The molecule has 2 unspecified atom stereocenters. The summed E-state index contributed by atoms with van der Waals surface area (Å²) in [6, 6.07) is 0.00861. The Balaban J connectivity index is 1.99. The summed E-state index contributed by atoms with van der Waals surface area (Å²) in [5.41, 5.74) is 0. The van der Waals surface area contributed by atoms with Crippen molar-refractivity contribution >= 4 is 5.91 Å². The Kier molecular flexibility index (Phi) is 3.24. The molecule has 1 saturated heterocycles. The molecule has 1 amide bonds. The van der Waals surface area contributed by atoms with E-state index in [1.54, 1.807) is 6.20 Å². The van der Waals surface area contributed by atoms with Crippen LogP contribution in [0.25, 0.3) is 0 Å². The predicted octanol–water partition coefficient (Wildman–Crippen LogP) is 0.349. The van der Waals surface area contributed by atoms with Gasteiger partial charge in [0.25, 0.3) is 0 Å². The highest BCUT2D eigenvalue weighted by molar-refractivity contribution is 5.82. The number of carbonyl (C=O) groups is 1. The van der Waals surface area contributed by atoms with Gasteiger partial charge in [-0.15, -0.1) is 0 Å². The lowest BCUT2D eigenvalue weighted by atomic mass is 10.1. The van der Waals surface area contributed by atoms with E-state index in [0.717, 1.165) is 25.2 Å². The fourth-order valence-electron chi connectivity index (χ4n) is 2.10. The maximum Gasteiger partial charge on any atom is 0.237 e. The second-order valence-corrected chi connectivity index (χ2v) is 4.27. The summed E-state index contributed by atoms with van der Waals surface area (Å²) in [6.45, 7) is 2.83. The van der Waals surface area contributed by atoms with Gasteiger partial charge in [0, 0.05) is 26.0 Å². The number of hydrogen-bond acceptors (Lipinski definition) is 3. The van der Waals surface area contributed by atoms with Crippen molar-refractivity contribution in [3.05, 3.63) is 18.2 Å². The summed E-state index contributed by atoms with van der Waals surface area (Å²) in [7, 11) is 1.96. The third-order valence-electron chi connectivity index (χ3n) is 2.98. The minimum atomic E-state index is -0.0829. The summed E-state index contributed by atoms with van der Waals surface area (Å²) in [5.74, 6) is 1.06. The predicted molar refractivity (Wildman–Crippen MR) is 60.8 cm³/mol. The Bertz CT molecular complexity index is 374. The van der Waals surface area contributed by atoms with Crippen molar-refractivity contribution in [1.82, 2.24) is 20.2 Å². The Morgan fingerprint density at radius 3 is 3.12 bits per heavy atom. The molecule has 1 aliphatic heterocycles. The molecule has 0 bridgehead atoms. The van der Waals surface area contributed by atoms with Crippen LogP contribution in [0, 0.1) is 0 Å². The van der Waals surface area contributed by atoms with Gasteiger partial charge in [0.05, 0.1) is 12.1 Å². The van der Waals surface area contributed by atoms with E-state index in [2.05, 4.69) is 15.6 Å². The molecule has 0 spiro atoms. The van der Waals surface area contributed by atoms with E-state index in [-0.39, 0.29) is 18.0 Å². The van der Waals surface area contributed by atoms with Crippen molar-refractivity contribution in [2.45, 2.75) is 31.8 Å². The van der Waals surface area contributed by atoms with Crippen LogP contribution in [-0.2, 0) is 11.8 Å². The number of aromatic nitrogens is 2. The van der Waals surface area contributed by atoms with Crippen LogP contribution in [0.2, 0.25) is 0 Å². The molecular formula is C11H18N4O. The lowest BCUT2D eigenvalue weighted by Gasteiger charge is -2.26. The van der Waals surface area contributed by atoms with Crippen molar-refractivity contribution in [2.24, 2.45) is 7.05 Å². The van der Waals surface area contributed by atoms with Gasteiger partial charge in [-0.2, -0.15) is 0 Å². The monoisotopic (exact) mass is 222 g/mol. The van der Waals surface area contributed by atoms with Crippen molar-refractivity contribution in [1.29, 1.82) is 0 Å². The van der Waals surface area contributed by atoms with E-state index in [4.69, 9.17) is 0 Å². The van der Waals surface area contributed by atoms with Gasteiger partial charge in [-0.25, -0.2) is 4.98 Å². The van der Waals surface area contributed by atoms with E-state index in [1.807, 2.05) is 24.7 Å². The number of piperidine rings is 1. The van der Waals surface area contributed by atoms with Crippen LogP contribution in [0.1, 0.15) is 31.6 Å². The number of aryl methyl sites for hydroxylation is 1. The van der Waals surface area contributed by atoms with Crippen molar-refractivity contribution in [3.8, 4) is 0 Å². The minimum absolute atomic E-state index is 0.0829. The van der Waals surface area contributed by atoms with Crippen LogP contribution >= 0.6 is 0 Å². The number of imidazole rings is 1. The normalized spacial score (nSPS) is 22.9. The number of nitrogens with one attached hydrogen (secondary N) is 2. The van der Waals surface area contributed by atoms with Crippen LogP contribution in [0.3, 0.4) is 0 Å². The van der Waals surface area contributed by atoms with Crippen LogP contribution in [0.15, 0.2) is 12.4 Å². The molecule has 2 N–H and O–H groups in total. The molecular weight excluding hydrogens is 204 g/mol. The molecule has 1 fully saturated rings. The highest BCUT2D eigenvalue weighted by Crippen LogP contribution is 2.12. The smallest absolute Gasteiger partial charge is 0.237 e. The zero-order chi connectivity index (χ0) is 11.5. The topological polar surface area (TPSA) is 58.9 Å². The molecule has 1 aromatic heterocycles. The molecule has 5 nitrogen and oxygen atoms in total. The first-order valence-electron chi connectivity index (χ1n) is 5.69. The molecule has 0 saturated carbocycles. The first-order chi connectivity index (χ1) is 7.68. The second-order valence-electron chi connectivity index (χ2n) is 4.27. The number of hydrogen-bond donors (Lipinski definition) is 2. The Morgan fingerprint density at radius 2 is 2.50 bits per heavy atom. The molecule has 88 valence electrons. The molecule has 0 aliphatic carbocycles. The number of rotatable bonds is 3. The zero-order valence-electron chi connectivity index (χ0n) is 9.73. The van der Waals surface area contributed by atoms with Gasteiger partial charge in [0.15, 0.2) is 0 Å². The van der Waals surface area contributed by atoms with Crippen molar-refractivity contribution in [3.63, 3.8) is 0 Å². The van der Waals surface area contributed by atoms with Gasteiger partial charge in [0.1, 0.15) is 5.82 Å². The average molecular weight is 222 g/mol. The summed E-state index contributed by atoms with van der Waals surface area (Å²) in [5, 5.41) is 6.19. The summed E-state index contributed by atoms with van der Waals surface area (Å²) in [4.78, 5) is 15.9. The maximum absolute atomic E-state index is 11.6. The first-order valence-corrected chi connectivity index (χ1v) is 5.69. The fourth-order valence-corrected chi connectivity index (χ4v) is 2.10. The fraction of sp³-hybridized carbons (Fsp3) is 0.636. The summed E-state index contributed by atoms with van der Waals surface area (Å²) >= 11 is 0. The summed E-state index contributed by atoms with van der Waals surface area (Å²) < 4.78 is 1.97. The molecule has 2 rings (SSSR count). The number of carbonyl (C=O) groups excluding carboxylic acids is 1. The summed E-state index contributed by atoms with van der Waals surface area (Å²) in [6.07, 6.45) is 5.63. The molecule has 0 aromatic carbocycles. The largest absolute Gasteiger partial charge is 0.355 e. The van der Waals surface area contributed by atoms with Gasteiger partial charge in [-0.3, -0.25) is 10.1 Å². The number of amides is 1. The molecule has 2 heterocycles. The highest BCUT2D eigenvalue weighted by Gasteiger charge is 2.24. The van der Waals surface area contributed by atoms with Crippen LogP contribution in [-0.4, -0.2) is 28.0 Å². The molecule has 1 aromatic rings. The minimum Gasteiger partial charge on any atom is -0.355 e. The quantitative estimate of drug-likeness (QED) is 0.776. The molecule has 0 radical (unpaired) electrons. The van der Waals surface area contributed by atoms with E-state index >= 15 is 0 Å². The van der Waals surface area contributed by atoms with Crippen LogP contribution in [0.5, 0.6) is 0 Å². The molecule has 1 aliphatic rings. The SMILES string of the molecule is CC(NC1CCCNC1=O)c1nccn1C. The van der Waals surface area contributed by atoms with Crippen molar-refractivity contribution in [2.75, 3.05) is 6.54 Å². The van der Waals surface area contributed by atoms with Gasteiger partial charge in [0.2, 0.25) is 5.91 Å². The Hall–Kier alpha value is -1.36. The average Bonchev–Trinajstić information content (AvgIpc) is 2.68. The lowest BCUT2D eigenvalue weighted by molar-refractivity contribution is -0.124. The van der Waals surface area contributed by atoms with E-state index in [9.17, 15) is 4.79 Å². The van der Waals surface area contributed by atoms with Crippen LogP contribution in [0.4, 0.5) is 0 Å². The van der Waals surface area contributed by atoms with E-state index in [0.29, 0.717) is 0 Å². The van der Waals surface area contributed by atoms with Gasteiger partial charge >= 0.3 is 0 Å². The first kappa shape index (κ1) is 11.1. The Labute approximate surface area is 95.2 Å². The number of nitrogens with zero attached hydrogens (tertiary/aromatic N) is 2. The van der Waals surface area contributed by atoms with Crippen LogP contribution < -0.4 is 10.6 Å². The zero-order valence-corrected chi connectivity index (χ0v) is 9.73. The van der Waals surface area contributed by atoms with Gasteiger partial charge in [-0.1, -0.05) is 0 Å². The van der Waals surface area contributed by atoms with E-state index in [1.165, 1.54) is 0 Å². The van der Waals surface area contributed by atoms with Gasteiger partial charge < -0.3 is 9.88 Å². The maximum atomic E-state index is 11.6. The Morgan fingerprint density at radius 1 is 1.69 bits per heavy atom. The second kappa shape index (κ2) is 4.65. The third kappa shape index (κ3) is 2.24. The highest BCUT2D eigenvalue weighted by atomic mass is 16.2. The standard InChI is InChI=1S/C11H18N4O/c1-8(10-12-6-7-15(10)2)14-9-4-3-5-13-11(9)16/h6-9,14H,3-5H2,1-2H3,(H,13,16). The van der Waals surface area contributed by atoms with Crippen molar-refractivity contribution < 1.29 is 4.79 Å². The molecule has 2 atom stereocenters. The molecule has 16 heavy (non-hydrogen) atoms. The van der Waals surface area contributed by atoms with E-state index < -0.39 is 0 Å². The third-order valence-corrected chi connectivity index (χ3v) is 2.98.